The Bertz CT molecular complexity index is 430. The van der Waals surface area contributed by atoms with Gasteiger partial charge >= 0.3 is 5.97 Å². The first-order valence-electron chi connectivity index (χ1n) is 5.51. The number of carbonyl (C=O) groups is 2. The van der Waals surface area contributed by atoms with E-state index in [0.29, 0.717) is 0 Å². The van der Waals surface area contributed by atoms with Gasteiger partial charge in [0.25, 0.3) is 5.91 Å². The highest BCUT2D eigenvalue weighted by molar-refractivity contribution is 7.11. The molecule has 1 N–H and O–H groups in total. The molecule has 0 fully saturated rings. The number of carbonyl (C=O) groups excluding carboxylic acids is 2. The lowest BCUT2D eigenvalue weighted by molar-refractivity contribution is 0.0525. The molecule has 1 rings (SSSR count). The number of esters is 1. The minimum Gasteiger partial charge on any atom is -0.461 e. The second-order valence-electron chi connectivity index (χ2n) is 3.79. The molecule has 7 heteroatoms. The maximum Gasteiger partial charge on any atom is 0.367 e. The summed E-state index contributed by atoms with van der Waals surface area (Å²) in [4.78, 5) is 28.6. The Morgan fingerprint density at radius 1 is 1.61 bits per heavy atom. The lowest BCUT2D eigenvalue weighted by Crippen LogP contribution is -2.33. The number of amides is 1. The number of thiazole rings is 1. The first-order valence-corrected chi connectivity index (χ1v) is 6.39. The number of ether oxygens (including phenoxy) is 1. The first-order chi connectivity index (χ1) is 8.45. The SMILES string of the molecule is CCOC(=O)c1nc(C(=O)N(C)CC(C)O)cs1. The number of rotatable bonds is 5. The zero-order valence-corrected chi connectivity index (χ0v) is 11.4. The van der Waals surface area contributed by atoms with E-state index in [-0.39, 0.29) is 29.8 Å². The molecule has 0 radical (unpaired) electrons. The molecule has 6 nitrogen and oxygen atoms in total. The molecule has 0 aliphatic heterocycles. The molecule has 1 heterocycles. The van der Waals surface area contributed by atoms with E-state index in [1.54, 1.807) is 20.9 Å². The van der Waals surface area contributed by atoms with Crippen molar-refractivity contribution in [3.05, 3.63) is 16.1 Å². The summed E-state index contributed by atoms with van der Waals surface area (Å²) in [7, 11) is 1.57. The molecule has 1 aromatic rings. The molecule has 0 saturated carbocycles. The second kappa shape index (κ2) is 6.46. The van der Waals surface area contributed by atoms with Gasteiger partial charge < -0.3 is 14.7 Å². The average Bonchev–Trinajstić information content (AvgIpc) is 2.76. The van der Waals surface area contributed by atoms with E-state index in [0.717, 1.165) is 11.3 Å². The number of aliphatic hydroxyl groups is 1. The van der Waals surface area contributed by atoms with Crippen molar-refractivity contribution in [2.75, 3.05) is 20.2 Å². The number of nitrogens with zero attached hydrogens (tertiary/aromatic N) is 2. The van der Waals surface area contributed by atoms with Crippen molar-refractivity contribution in [3.8, 4) is 0 Å². The van der Waals surface area contributed by atoms with Crippen molar-refractivity contribution in [2.45, 2.75) is 20.0 Å². The molecule has 100 valence electrons. The Balaban J connectivity index is 2.73. The Labute approximate surface area is 109 Å². The summed E-state index contributed by atoms with van der Waals surface area (Å²) in [6, 6.07) is 0. The fourth-order valence-corrected chi connectivity index (χ4v) is 2.02. The summed E-state index contributed by atoms with van der Waals surface area (Å²) in [5.41, 5.74) is 0.186. The van der Waals surface area contributed by atoms with Gasteiger partial charge in [-0.25, -0.2) is 9.78 Å². The number of aromatic nitrogens is 1. The highest BCUT2D eigenvalue weighted by Crippen LogP contribution is 2.12. The van der Waals surface area contributed by atoms with E-state index in [9.17, 15) is 14.7 Å². The van der Waals surface area contributed by atoms with Crippen LogP contribution in [0.2, 0.25) is 0 Å². The van der Waals surface area contributed by atoms with Crippen molar-refractivity contribution in [1.29, 1.82) is 0 Å². The molecule has 0 aliphatic rings. The first kappa shape index (κ1) is 14.6. The molecular formula is C11H16N2O4S. The van der Waals surface area contributed by atoms with Crippen LogP contribution in [0.1, 0.15) is 34.1 Å². The molecule has 0 spiro atoms. The van der Waals surface area contributed by atoms with Crippen molar-refractivity contribution in [1.82, 2.24) is 9.88 Å². The van der Waals surface area contributed by atoms with E-state index in [1.807, 2.05) is 0 Å². The van der Waals surface area contributed by atoms with E-state index in [4.69, 9.17) is 4.74 Å². The van der Waals surface area contributed by atoms with Crippen molar-refractivity contribution in [2.24, 2.45) is 0 Å². The van der Waals surface area contributed by atoms with Crippen LogP contribution in [0.25, 0.3) is 0 Å². The molecular weight excluding hydrogens is 256 g/mol. The van der Waals surface area contributed by atoms with Gasteiger partial charge in [-0.3, -0.25) is 4.79 Å². The Hall–Kier alpha value is -1.47. The monoisotopic (exact) mass is 272 g/mol. The number of hydrogen-bond donors (Lipinski definition) is 1. The maximum absolute atomic E-state index is 11.9. The topological polar surface area (TPSA) is 79.7 Å². The maximum atomic E-state index is 11.9. The van der Waals surface area contributed by atoms with E-state index in [2.05, 4.69) is 4.98 Å². The number of aliphatic hydroxyl groups excluding tert-OH is 1. The summed E-state index contributed by atoms with van der Waals surface area (Å²) in [5, 5.41) is 10.9. The molecule has 0 saturated heterocycles. The minimum atomic E-state index is -0.609. The van der Waals surface area contributed by atoms with Crippen molar-refractivity contribution < 1.29 is 19.4 Å². The van der Waals surface area contributed by atoms with Crippen molar-refractivity contribution in [3.63, 3.8) is 0 Å². The fraction of sp³-hybridized carbons (Fsp3) is 0.545. The molecule has 1 aromatic heterocycles. The number of likely N-dealkylation sites (N-methyl/N-ethyl adjacent to an activating group) is 1. The molecule has 1 unspecified atom stereocenters. The Morgan fingerprint density at radius 2 is 2.28 bits per heavy atom. The zero-order chi connectivity index (χ0) is 13.7. The van der Waals surface area contributed by atoms with Crippen LogP contribution in [0.3, 0.4) is 0 Å². The summed E-state index contributed by atoms with van der Waals surface area (Å²) < 4.78 is 4.79. The predicted octanol–water partition coefficient (Wildman–Crippen LogP) is 0.773. The van der Waals surface area contributed by atoms with Crippen LogP contribution in [0, 0.1) is 0 Å². The molecule has 0 bridgehead atoms. The Kier molecular flexibility index (Phi) is 5.24. The van der Waals surface area contributed by atoms with Gasteiger partial charge in [-0.2, -0.15) is 0 Å². The van der Waals surface area contributed by atoms with E-state index < -0.39 is 12.1 Å². The largest absolute Gasteiger partial charge is 0.461 e. The third-order valence-electron chi connectivity index (χ3n) is 2.06. The van der Waals surface area contributed by atoms with Crippen LogP contribution in [0.5, 0.6) is 0 Å². The Morgan fingerprint density at radius 3 is 2.83 bits per heavy atom. The minimum absolute atomic E-state index is 0.158. The van der Waals surface area contributed by atoms with Gasteiger partial charge in [0.1, 0.15) is 5.69 Å². The van der Waals surface area contributed by atoms with Gasteiger partial charge in [0.2, 0.25) is 5.01 Å². The standard InChI is InChI=1S/C11H16N2O4S/c1-4-17-11(16)9-12-8(6-18-9)10(15)13(3)5-7(2)14/h6-7,14H,4-5H2,1-3H3. The van der Waals surface area contributed by atoms with Crippen molar-refractivity contribution >= 4 is 23.2 Å². The molecule has 0 aromatic carbocycles. The van der Waals surface area contributed by atoms with Crippen LogP contribution in [0.15, 0.2) is 5.38 Å². The van der Waals surface area contributed by atoms with Gasteiger partial charge in [0.15, 0.2) is 0 Å². The fourth-order valence-electron chi connectivity index (χ4n) is 1.33. The van der Waals surface area contributed by atoms with Crippen LogP contribution >= 0.6 is 11.3 Å². The summed E-state index contributed by atoms with van der Waals surface area (Å²) >= 11 is 1.07. The van der Waals surface area contributed by atoms with Crippen LogP contribution < -0.4 is 0 Å². The van der Waals surface area contributed by atoms with Gasteiger partial charge in [-0.05, 0) is 13.8 Å². The van der Waals surface area contributed by atoms with Gasteiger partial charge in [0, 0.05) is 19.0 Å². The zero-order valence-electron chi connectivity index (χ0n) is 10.5. The quantitative estimate of drug-likeness (QED) is 0.801. The summed E-state index contributed by atoms with van der Waals surface area (Å²) in [6.45, 7) is 3.78. The highest BCUT2D eigenvalue weighted by Gasteiger charge is 2.19. The predicted molar refractivity (Wildman–Crippen MR) is 66.7 cm³/mol. The normalized spacial score (nSPS) is 12.0. The molecule has 0 aliphatic carbocycles. The third kappa shape index (κ3) is 3.78. The molecule has 1 amide bonds. The van der Waals surface area contributed by atoms with Crippen LogP contribution in [0.4, 0.5) is 0 Å². The molecule has 1 atom stereocenters. The average molecular weight is 272 g/mol. The van der Waals surface area contributed by atoms with E-state index >= 15 is 0 Å². The third-order valence-corrected chi connectivity index (χ3v) is 2.88. The van der Waals surface area contributed by atoms with Crippen LogP contribution in [-0.4, -0.2) is 53.2 Å². The highest BCUT2D eigenvalue weighted by atomic mass is 32.1. The van der Waals surface area contributed by atoms with E-state index in [1.165, 1.54) is 10.3 Å². The second-order valence-corrected chi connectivity index (χ2v) is 4.65. The van der Waals surface area contributed by atoms with Gasteiger partial charge in [0.05, 0.1) is 12.7 Å². The summed E-state index contributed by atoms with van der Waals surface area (Å²) in [5.74, 6) is -0.859. The lowest BCUT2D eigenvalue weighted by Gasteiger charge is -2.17. The van der Waals surface area contributed by atoms with Crippen LogP contribution in [-0.2, 0) is 4.74 Å². The smallest absolute Gasteiger partial charge is 0.367 e. The van der Waals surface area contributed by atoms with Gasteiger partial charge in [-0.15, -0.1) is 11.3 Å². The molecule has 18 heavy (non-hydrogen) atoms. The number of hydrogen-bond acceptors (Lipinski definition) is 6. The summed E-state index contributed by atoms with van der Waals surface area (Å²) in [6.07, 6.45) is -0.609. The van der Waals surface area contributed by atoms with Gasteiger partial charge in [-0.1, -0.05) is 0 Å². The lowest BCUT2D eigenvalue weighted by atomic mass is 10.3.